The average Bonchev–Trinajstić information content (AvgIpc) is 3.40. The Kier molecular flexibility index (Phi) is 6.05. The summed E-state index contributed by atoms with van der Waals surface area (Å²) in [5.41, 5.74) is 1.38. The molecule has 0 aliphatic rings. The van der Waals surface area contributed by atoms with Gasteiger partial charge >= 0.3 is 0 Å². The Morgan fingerprint density at radius 3 is 2.59 bits per heavy atom. The molecule has 4 aromatic rings. The van der Waals surface area contributed by atoms with Crippen molar-refractivity contribution in [3.8, 4) is 17.3 Å². The molecule has 0 atom stereocenters. The number of oxazole rings is 1. The standard InChI is InChI=1S/C23H23ClN6O2/c1-23(2,3)18-13-19(30(29-18)22-25-11-6-12-26-22)28-20(31)9-10-21-27-14-17(32-21)15-7-4-5-8-16(15)24/h4-8,11-14H,9-10H2,1-3H3,(H,28,31). The van der Waals surface area contributed by atoms with Crippen LogP contribution in [0.2, 0.25) is 5.02 Å². The van der Waals surface area contributed by atoms with Crippen LogP contribution in [0.15, 0.2) is 59.4 Å². The Bertz CT molecular complexity index is 1230. The summed E-state index contributed by atoms with van der Waals surface area (Å²) in [5.74, 6) is 1.73. The quantitative estimate of drug-likeness (QED) is 0.451. The van der Waals surface area contributed by atoms with Crippen molar-refractivity contribution in [2.24, 2.45) is 0 Å². The summed E-state index contributed by atoms with van der Waals surface area (Å²) in [7, 11) is 0. The number of hydrogen-bond donors (Lipinski definition) is 1. The van der Waals surface area contributed by atoms with Crippen molar-refractivity contribution in [2.75, 3.05) is 5.32 Å². The minimum Gasteiger partial charge on any atom is -0.441 e. The molecule has 0 fully saturated rings. The van der Waals surface area contributed by atoms with E-state index >= 15 is 0 Å². The first-order valence-electron chi connectivity index (χ1n) is 10.2. The normalized spacial score (nSPS) is 11.5. The number of halogens is 1. The van der Waals surface area contributed by atoms with Gasteiger partial charge in [0, 0.05) is 42.3 Å². The molecule has 3 aromatic heterocycles. The first-order valence-corrected chi connectivity index (χ1v) is 10.6. The zero-order valence-electron chi connectivity index (χ0n) is 18.0. The van der Waals surface area contributed by atoms with Crippen LogP contribution in [0.3, 0.4) is 0 Å². The van der Waals surface area contributed by atoms with Crippen molar-refractivity contribution in [2.45, 2.75) is 39.0 Å². The molecule has 0 radical (unpaired) electrons. The Balaban J connectivity index is 1.47. The molecule has 0 bridgehead atoms. The van der Waals surface area contributed by atoms with Crippen LogP contribution in [0.1, 0.15) is 38.8 Å². The number of carbonyl (C=O) groups is 1. The van der Waals surface area contributed by atoms with E-state index in [-0.39, 0.29) is 17.7 Å². The molecular weight excluding hydrogens is 428 g/mol. The van der Waals surface area contributed by atoms with Crippen molar-refractivity contribution in [1.82, 2.24) is 24.7 Å². The highest BCUT2D eigenvalue weighted by atomic mass is 35.5. The van der Waals surface area contributed by atoms with Gasteiger partial charge in [-0.25, -0.2) is 15.0 Å². The van der Waals surface area contributed by atoms with Crippen LogP contribution < -0.4 is 5.32 Å². The fraction of sp³-hybridized carbons (Fsp3) is 0.261. The Morgan fingerprint density at radius 2 is 1.88 bits per heavy atom. The van der Waals surface area contributed by atoms with Gasteiger partial charge in [0.05, 0.1) is 16.9 Å². The SMILES string of the molecule is CC(C)(C)c1cc(NC(=O)CCc2ncc(-c3ccccc3Cl)o2)n(-c2ncccn2)n1. The van der Waals surface area contributed by atoms with Crippen LogP contribution in [-0.4, -0.2) is 30.6 Å². The third kappa shape index (κ3) is 4.86. The fourth-order valence-electron chi connectivity index (χ4n) is 3.03. The minimum atomic E-state index is -0.202. The van der Waals surface area contributed by atoms with Crippen molar-refractivity contribution >= 4 is 23.3 Å². The second-order valence-electron chi connectivity index (χ2n) is 8.27. The maximum absolute atomic E-state index is 12.7. The largest absolute Gasteiger partial charge is 0.441 e. The minimum absolute atomic E-state index is 0.189. The summed E-state index contributed by atoms with van der Waals surface area (Å²) in [6, 6.07) is 10.9. The first-order chi connectivity index (χ1) is 15.3. The van der Waals surface area contributed by atoms with Crippen LogP contribution in [0.25, 0.3) is 17.3 Å². The third-order valence-electron chi connectivity index (χ3n) is 4.75. The Labute approximate surface area is 190 Å². The van der Waals surface area contributed by atoms with E-state index in [1.165, 1.54) is 0 Å². The number of aromatic nitrogens is 5. The summed E-state index contributed by atoms with van der Waals surface area (Å²) in [4.78, 5) is 25.4. The average molecular weight is 451 g/mol. The molecule has 0 aliphatic heterocycles. The molecule has 1 amide bonds. The molecule has 0 saturated heterocycles. The summed E-state index contributed by atoms with van der Waals surface area (Å²) in [5, 5.41) is 8.09. The number of anilines is 1. The highest BCUT2D eigenvalue weighted by Crippen LogP contribution is 2.28. The number of aryl methyl sites for hydroxylation is 1. The van der Waals surface area contributed by atoms with E-state index < -0.39 is 0 Å². The predicted octanol–water partition coefficient (Wildman–Crippen LogP) is 4.84. The number of nitrogens with zero attached hydrogens (tertiary/aromatic N) is 5. The zero-order valence-corrected chi connectivity index (χ0v) is 18.8. The van der Waals surface area contributed by atoms with Crippen LogP contribution in [0, 0.1) is 0 Å². The number of carbonyl (C=O) groups excluding carboxylic acids is 1. The summed E-state index contributed by atoms with van der Waals surface area (Å²) in [6.45, 7) is 6.16. The molecule has 8 nitrogen and oxygen atoms in total. The molecule has 1 aromatic carbocycles. The Hall–Kier alpha value is -3.52. The number of nitrogens with one attached hydrogen (secondary N) is 1. The number of benzene rings is 1. The maximum Gasteiger partial charge on any atom is 0.252 e. The number of rotatable bonds is 6. The van der Waals surface area contributed by atoms with Crippen LogP contribution in [0.4, 0.5) is 5.82 Å². The van der Waals surface area contributed by atoms with Gasteiger partial charge < -0.3 is 9.73 Å². The van der Waals surface area contributed by atoms with Gasteiger partial charge in [-0.15, -0.1) is 0 Å². The van der Waals surface area contributed by atoms with Gasteiger partial charge in [-0.2, -0.15) is 9.78 Å². The maximum atomic E-state index is 12.7. The number of hydrogen-bond acceptors (Lipinski definition) is 6. The lowest BCUT2D eigenvalue weighted by molar-refractivity contribution is -0.116. The molecule has 3 heterocycles. The van der Waals surface area contributed by atoms with Gasteiger partial charge in [0.2, 0.25) is 5.91 Å². The van der Waals surface area contributed by atoms with Crippen molar-refractivity contribution < 1.29 is 9.21 Å². The van der Waals surface area contributed by atoms with E-state index in [1.54, 1.807) is 35.4 Å². The van der Waals surface area contributed by atoms with E-state index in [0.29, 0.717) is 34.9 Å². The van der Waals surface area contributed by atoms with Gasteiger partial charge in [0.25, 0.3) is 5.95 Å². The van der Waals surface area contributed by atoms with E-state index in [9.17, 15) is 4.79 Å². The topological polar surface area (TPSA) is 98.7 Å². The molecule has 1 N–H and O–H groups in total. The van der Waals surface area contributed by atoms with Gasteiger partial charge in [0.1, 0.15) is 5.82 Å². The molecule has 164 valence electrons. The summed E-state index contributed by atoms with van der Waals surface area (Å²) in [6.07, 6.45) is 5.41. The zero-order chi connectivity index (χ0) is 22.7. The summed E-state index contributed by atoms with van der Waals surface area (Å²) >= 11 is 6.21. The van der Waals surface area contributed by atoms with Crippen molar-refractivity contribution in [3.63, 3.8) is 0 Å². The smallest absolute Gasteiger partial charge is 0.252 e. The molecule has 9 heteroatoms. The molecular formula is C23H23ClN6O2. The van der Waals surface area contributed by atoms with E-state index in [1.807, 2.05) is 24.3 Å². The van der Waals surface area contributed by atoms with Crippen molar-refractivity contribution in [1.29, 1.82) is 0 Å². The van der Waals surface area contributed by atoms with E-state index in [4.69, 9.17) is 16.0 Å². The highest BCUT2D eigenvalue weighted by Gasteiger charge is 2.22. The molecule has 0 unspecified atom stereocenters. The molecule has 0 saturated carbocycles. The van der Waals surface area contributed by atoms with Crippen LogP contribution in [0.5, 0.6) is 0 Å². The van der Waals surface area contributed by atoms with Gasteiger partial charge in [-0.05, 0) is 18.2 Å². The molecule has 0 aliphatic carbocycles. The van der Waals surface area contributed by atoms with Crippen molar-refractivity contribution in [3.05, 3.63) is 71.6 Å². The van der Waals surface area contributed by atoms with Gasteiger partial charge in [-0.1, -0.05) is 44.5 Å². The second kappa shape index (κ2) is 8.92. The first kappa shape index (κ1) is 21.7. The number of amides is 1. The van der Waals surface area contributed by atoms with E-state index in [0.717, 1.165) is 11.3 Å². The third-order valence-corrected chi connectivity index (χ3v) is 5.08. The fourth-order valence-corrected chi connectivity index (χ4v) is 3.26. The lowest BCUT2D eigenvalue weighted by Crippen LogP contribution is -2.16. The lowest BCUT2D eigenvalue weighted by Gasteiger charge is -2.13. The van der Waals surface area contributed by atoms with Crippen LogP contribution in [-0.2, 0) is 16.6 Å². The molecule has 4 rings (SSSR count). The van der Waals surface area contributed by atoms with E-state index in [2.05, 4.69) is 46.1 Å². The molecule has 0 spiro atoms. The highest BCUT2D eigenvalue weighted by molar-refractivity contribution is 6.33. The Morgan fingerprint density at radius 1 is 1.12 bits per heavy atom. The second-order valence-corrected chi connectivity index (χ2v) is 8.68. The summed E-state index contributed by atoms with van der Waals surface area (Å²) < 4.78 is 7.32. The van der Waals surface area contributed by atoms with Crippen LogP contribution >= 0.6 is 11.6 Å². The lowest BCUT2D eigenvalue weighted by atomic mass is 9.92. The predicted molar refractivity (Wildman–Crippen MR) is 122 cm³/mol. The van der Waals surface area contributed by atoms with Gasteiger partial charge in [-0.3, -0.25) is 4.79 Å². The van der Waals surface area contributed by atoms with Gasteiger partial charge in [0.15, 0.2) is 11.7 Å². The molecule has 32 heavy (non-hydrogen) atoms. The monoisotopic (exact) mass is 450 g/mol.